The molecule has 1 aromatic carbocycles. The van der Waals surface area contributed by atoms with Crippen molar-refractivity contribution in [1.29, 1.82) is 0 Å². The molecular weight excluding hydrogens is 455 g/mol. The number of sulfonamides is 1. The van der Waals surface area contributed by atoms with Gasteiger partial charge in [-0.3, -0.25) is 0 Å². The lowest BCUT2D eigenvalue weighted by molar-refractivity contribution is -0.137. The quantitative estimate of drug-likeness (QED) is 0.518. The zero-order chi connectivity index (χ0) is 23.9. The number of rotatable bonds is 6. The molecule has 0 bridgehead atoms. The van der Waals surface area contributed by atoms with Gasteiger partial charge in [0.15, 0.2) is 0 Å². The summed E-state index contributed by atoms with van der Waals surface area (Å²) in [7, 11) is -4.31. The molecule has 0 unspecified atom stereocenters. The smallest absolute Gasteiger partial charge is 0.416 e. The molecule has 0 fully saturated rings. The van der Waals surface area contributed by atoms with Crippen molar-refractivity contribution < 1.29 is 26.0 Å². The summed E-state index contributed by atoms with van der Waals surface area (Å²) in [5, 5.41) is 7.62. The summed E-state index contributed by atoms with van der Waals surface area (Å²) in [5.74, 6) is 0.181. The van der Waals surface area contributed by atoms with Crippen molar-refractivity contribution in [1.82, 2.24) is 14.5 Å². The minimum absolute atomic E-state index is 0.111. The van der Waals surface area contributed by atoms with E-state index < -0.39 is 49.2 Å². The first-order valence-corrected chi connectivity index (χ1v) is 11.5. The Balaban J connectivity index is 2.62. The second-order valence-corrected chi connectivity index (χ2v) is 11.2. The minimum atomic E-state index is -4.64. The van der Waals surface area contributed by atoms with Crippen molar-refractivity contribution >= 4 is 21.6 Å². The van der Waals surface area contributed by atoms with E-state index in [1.807, 2.05) is 20.8 Å². The van der Waals surface area contributed by atoms with Gasteiger partial charge >= 0.3 is 6.18 Å². The lowest BCUT2D eigenvalue weighted by atomic mass is 9.97. The molecule has 0 amide bonds. The third-order valence-electron chi connectivity index (χ3n) is 4.56. The number of halogens is 4. The van der Waals surface area contributed by atoms with Gasteiger partial charge in [-0.05, 0) is 38.0 Å². The van der Waals surface area contributed by atoms with Gasteiger partial charge in [-0.1, -0.05) is 46.2 Å². The molecule has 174 valence electrons. The molecule has 1 atom stereocenters. The van der Waals surface area contributed by atoms with E-state index in [0.717, 1.165) is 10.4 Å². The number of alkyl halides is 3. The van der Waals surface area contributed by atoms with Crippen LogP contribution in [0.5, 0.6) is 0 Å². The molecule has 0 aliphatic rings. The number of benzene rings is 1. The SMILES string of the molecule is CC(C)[C@@H](c1nnc(C(C)(C)C)o1)N(C(C)C)S(=O)(=O)c1ccc(C(F)(F)F)cc1Cl. The summed E-state index contributed by atoms with van der Waals surface area (Å²) < 4.78 is 73.0. The van der Waals surface area contributed by atoms with Gasteiger partial charge in [-0.15, -0.1) is 10.2 Å². The second kappa shape index (κ2) is 8.71. The van der Waals surface area contributed by atoms with E-state index in [0.29, 0.717) is 18.0 Å². The normalized spacial score (nSPS) is 14.6. The van der Waals surface area contributed by atoms with Crippen molar-refractivity contribution in [2.45, 2.75) is 77.0 Å². The summed E-state index contributed by atoms with van der Waals surface area (Å²) in [6.07, 6.45) is -4.64. The molecule has 1 aromatic heterocycles. The van der Waals surface area contributed by atoms with Crippen LogP contribution in [-0.4, -0.2) is 29.0 Å². The molecule has 2 rings (SSSR count). The van der Waals surface area contributed by atoms with Crippen LogP contribution < -0.4 is 0 Å². The van der Waals surface area contributed by atoms with E-state index >= 15 is 0 Å². The van der Waals surface area contributed by atoms with E-state index in [4.69, 9.17) is 16.0 Å². The molecule has 0 saturated carbocycles. The highest BCUT2D eigenvalue weighted by Gasteiger charge is 2.41. The van der Waals surface area contributed by atoms with Crippen LogP contribution in [0.25, 0.3) is 0 Å². The van der Waals surface area contributed by atoms with E-state index in [1.165, 1.54) is 0 Å². The lowest BCUT2D eigenvalue weighted by Crippen LogP contribution is -2.42. The van der Waals surface area contributed by atoms with Gasteiger partial charge in [0.25, 0.3) is 0 Å². The van der Waals surface area contributed by atoms with E-state index in [1.54, 1.807) is 27.7 Å². The highest BCUT2D eigenvalue weighted by molar-refractivity contribution is 7.89. The van der Waals surface area contributed by atoms with Crippen LogP contribution in [0.2, 0.25) is 5.02 Å². The average molecular weight is 482 g/mol. The maximum Gasteiger partial charge on any atom is 0.416 e. The molecule has 0 N–H and O–H groups in total. The Morgan fingerprint density at radius 2 is 1.65 bits per heavy atom. The first kappa shape index (κ1) is 25.6. The summed E-state index contributed by atoms with van der Waals surface area (Å²) in [6.45, 7) is 12.6. The predicted molar refractivity (Wildman–Crippen MR) is 111 cm³/mol. The summed E-state index contributed by atoms with van der Waals surface area (Å²) in [6, 6.07) is 0.780. The Labute approximate surface area is 185 Å². The van der Waals surface area contributed by atoms with Crippen LogP contribution >= 0.6 is 11.6 Å². The molecule has 6 nitrogen and oxygen atoms in total. The van der Waals surface area contributed by atoms with Crippen molar-refractivity contribution in [3.8, 4) is 0 Å². The van der Waals surface area contributed by atoms with Crippen molar-refractivity contribution in [3.63, 3.8) is 0 Å². The number of hydrogen-bond acceptors (Lipinski definition) is 5. The monoisotopic (exact) mass is 481 g/mol. The predicted octanol–water partition coefficient (Wildman–Crippen LogP) is 5.84. The zero-order valence-corrected chi connectivity index (χ0v) is 20.0. The van der Waals surface area contributed by atoms with Crippen molar-refractivity contribution in [3.05, 3.63) is 40.6 Å². The molecule has 31 heavy (non-hydrogen) atoms. The highest BCUT2D eigenvalue weighted by atomic mass is 35.5. The standard InChI is InChI=1S/C20H27ClF3N3O3S/c1-11(2)16(17-25-26-18(30-17)19(5,6)7)27(12(3)4)31(28,29)15-9-8-13(10-14(15)21)20(22,23)24/h8-12,16H,1-7H3/t16-/m0/s1. The van der Waals surface area contributed by atoms with Gasteiger partial charge in [0.2, 0.25) is 21.8 Å². The van der Waals surface area contributed by atoms with Crippen molar-refractivity contribution in [2.24, 2.45) is 5.92 Å². The Morgan fingerprint density at radius 3 is 2.03 bits per heavy atom. The Hall–Kier alpha value is -1.65. The fourth-order valence-electron chi connectivity index (χ4n) is 3.09. The third-order valence-corrected chi connectivity index (χ3v) is 7.10. The van der Waals surface area contributed by atoms with E-state index in [-0.39, 0.29) is 11.8 Å². The Bertz CT molecular complexity index is 1030. The van der Waals surface area contributed by atoms with Gasteiger partial charge in [-0.25, -0.2) is 8.42 Å². The molecule has 0 aliphatic carbocycles. The first-order valence-electron chi connectivity index (χ1n) is 9.72. The molecule has 1 heterocycles. The Morgan fingerprint density at radius 1 is 1.06 bits per heavy atom. The molecule has 0 radical (unpaired) electrons. The molecular formula is C20H27ClF3N3O3S. The second-order valence-electron chi connectivity index (χ2n) is 8.96. The van der Waals surface area contributed by atoms with Gasteiger partial charge in [-0.2, -0.15) is 17.5 Å². The maximum atomic E-state index is 13.5. The highest BCUT2D eigenvalue weighted by Crippen LogP contribution is 2.39. The van der Waals surface area contributed by atoms with Crippen LogP contribution in [0.3, 0.4) is 0 Å². The lowest BCUT2D eigenvalue weighted by Gasteiger charge is -2.34. The number of nitrogens with zero attached hydrogens (tertiary/aromatic N) is 3. The zero-order valence-electron chi connectivity index (χ0n) is 18.5. The van der Waals surface area contributed by atoms with Crippen LogP contribution in [0.1, 0.15) is 71.9 Å². The maximum absolute atomic E-state index is 13.5. The average Bonchev–Trinajstić information content (AvgIpc) is 3.07. The van der Waals surface area contributed by atoms with Gasteiger partial charge in [0.05, 0.1) is 10.6 Å². The van der Waals surface area contributed by atoms with Gasteiger partial charge < -0.3 is 4.42 Å². The minimum Gasteiger partial charge on any atom is -0.423 e. The fourth-order valence-corrected chi connectivity index (χ4v) is 5.53. The van der Waals surface area contributed by atoms with Gasteiger partial charge in [0.1, 0.15) is 10.9 Å². The first-order chi connectivity index (χ1) is 14.0. The number of aromatic nitrogens is 2. The molecule has 0 spiro atoms. The van der Waals surface area contributed by atoms with Gasteiger partial charge in [0, 0.05) is 11.5 Å². The van der Waals surface area contributed by atoms with Crippen LogP contribution in [0.15, 0.2) is 27.5 Å². The van der Waals surface area contributed by atoms with Crippen LogP contribution in [0.4, 0.5) is 13.2 Å². The largest absolute Gasteiger partial charge is 0.423 e. The number of hydrogen-bond donors (Lipinski definition) is 0. The topological polar surface area (TPSA) is 76.3 Å². The van der Waals surface area contributed by atoms with Crippen molar-refractivity contribution in [2.75, 3.05) is 0 Å². The third kappa shape index (κ3) is 5.40. The fraction of sp³-hybridized carbons (Fsp3) is 0.600. The molecule has 2 aromatic rings. The molecule has 0 aliphatic heterocycles. The molecule has 11 heteroatoms. The summed E-state index contributed by atoms with van der Waals surface area (Å²) in [4.78, 5) is -0.419. The van der Waals surface area contributed by atoms with Crippen LogP contribution in [0, 0.1) is 5.92 Å². The van der Waals surface area contributed by atoms with E-state index in [2.05, 4.69) is 10.2 Å². The summed E-state index contributed by atoms with van der Waals surface area (Å²) >= 11 is 6.01. The van der Waals surface area contributed by atoms with E-state index in [9.17, 15) is 21.6 Å². The summed E-state index contributed by atoms with van der Waals surface area (Å²) in [5.41, 5.74) is -1.47. The molecule has 0 saturated heterocycles. The Kier molecular flexibility index (Phi) is 7.19. The van der Waals surface area contributed by atoms with Crippen LogP contribution in [-0.2, 0) is 21.6 Å².